The van der Waals surface area contributed by atoms with Gasteiger partial charge in [0.05, 0.1) is 18.2 Å². The van der Waals surface area contributed by atoms with E-state index in [0.717, 1.165) is 46.5 Å². The first-order valence-electron chi connectivity index (χ1n) is 10.3. The molecule has 6 heteroatoms. The van der Waals surface area contributed by atoms with E-state index in [2.05, 4.69) is 0 Å². The molecular formula is C25H21ClN2O2S. The highest BCUT2D eigenvalue weighted by Gasteiger charge is 2.22. The quantitative estimate of drug-likeness (QED) is 0.375. The van der Waals surface area contributed by atoms with Gasteiger partial charge in [0.2, 0.25) is 0 Å². The van der Waals surface area contributed by atoms with Crippen LogP contribution in [0.5, 0.6) is 5.75 Å². The van der Waals surface area contributed by atoms with Crippen LogP contribution in [0.2, 0.25) is 5.02 Å². The maximum Gasteiger partial charge on any atom is 0.267 e. The molecule has 2 aromatic carbocycles. The van der Waals surface area contributed by atoms with Gasteiger partial charge in [0, 0.05) is 9.90 Å². The first-order valence-corrected chi connectivity index (χ1v) is 11.5. The minimum Gasteiger partial charge on any atom is -0.497 e. The molecule has 0 aliphatic heterocycles. The first kappa shape index (κ1) is 20.0. The van der Waals surface area contributed by atoms with Crippen LogP contribution < -0.4 is 10.3 Å². The lowest BCUT2D eigenvalue weighted by atomic mass is 9.97. The monoisotopic (exact) mass is 448 g/mol. The molecule has 0 spiro atoms. The van der Waals surface area contributed by atoms with E-state index in [-0.39, 0.29) is 5.56 Å². The highest BCUT2D eigenvalue weighted by atomic mass is 35.5. The number of ether oxygens (including phenoxy) is 1. The lowest BCUT2D eigenvalue weighted by Gasteiger charge is -2.13. The number of aromatic nitrogens is 2. The summed E-state index contributed by atoms with van der Waals surface area (Å²) in [6.45, 7) is 0. The molecule has 0 amide bonds. The Morgan fingerprint density at radius 2 is 1.77 bits per heavy atom. The van der Waals surface area contributed by atoms with Crippen molar-refractivity contribution in [2.24, 2.45) is 0 Å². The lowest BCUT2D eigenvalue weighted by molar-refractivity contribution is 0.414. The van der Waals surface area contributed by atoms with E-state index in [9.17, 15) is 4.79 Å². The number of hydrogen-bond donors (Lipinski definition) is 0. The zero-order valence-corrected chi connectivity index (χ0v) is 18.7. The largest absolute Gasteiger partial charge is 0.497 e. The molecule has 0 atom stereocenters. The second-order valence-electron chi connectivity index (χ2n) is 7.58. The van der Waals surface area contributed by atoms with Crippen LogP contribution in [-0.2, 0) is 12.8 Å². The molecule has 5 rings (SSSR count). The zero-order chi connectivity index (χ0) is 21.4. The Kier molecular flexibility index (Phi) is 5.38. The summed E-state index contributed by atoms with van der Waals surface area (Å²) < 4.78 is 6.99. The molecule has 0 radical (unpaired) electrons. The van der Waals surface area contributed by atoms with Gasteiger partial charge in [0.15, 0.2) is 0 Å². The second-order valence-corrected chi connectivity index (χ2v) is 9.10. The molecule has 0 saturated heterocycles. The molecule has 156 valence electrons. The molecule has 0 bridgehead atoms. The van der Waals surface area contributed by atoms with Crippen LogP contribution in [0.3, 0.4) is 0 Å². The number of halogens is 1. The van der Waals surface area contributed by atoms with E-state index in [1.165, 1.54) is 16.9 Å². The van der Waals surface area contributed by atoms with Crippen LogP contribution in [0, 0.1) is 0 Å². The van der Waals surface area contributed by atoms with Gasteiger partial charge in [-0.15, -0.1) is 11.3 Å². The lowest BCUT2D eigenvalue weighted by Crippen LogP contribution is -2.22. The number of thiophene rings is 1. The van der Waals surface area contributed by atoms with E-state index in [0.29, 0.717) is 10.8 Å². The molecule has 4 nitrogen and oxygen atoms in total. The van der Waals surface area contributed by atoms with Gasteiger partial charge in [-0.3, -0.25) is 9.36 Å². The van der Waals surface area contributed by atoms with Gasteiger partial charge in [-0.25, -0.2) is 4.98 Å². The van der Waals surface area contributed by atoms with Crippen LogP contribution in [0.1, 0.15) is 34.7 Å². The maximum absolute atomic E-state index is 13.7. The first-order chi connectivity index (χ1) is 15.1. The Bertz CT molecular complexity index is 1340. The number of hydrogen-bond acceptors (Lipinski definition) is 4. The molecule has 0 N–H and O–H groups in total. The highest BCUT2D eigenvalue weighted by Crippen LogP contribution is 2.34. The molecular weight excluding hydrogens is 428 g/mol. The van der Waals surface area contributed by atoms with Crippen molar-refractivity contribution < 1.29 is 4.74 Å². The Morgan fingerprint density at radius 1 is 1.03 bits per heavy atom. The Morgan fingerprint density at radius 3 is 2.52 bits per heavy atom. The van der Waals surface area contributed by atoms with E-state index < -0.39 is 0 Å². The van der Waals surface area contributed by atoms with Gasteiger partial charge in [-0.2, -0.15) is 0 Å². The molecule has 31 heavy (non-hydrogen) atoms. The fourth-order valence-electron chi connectivity index (χ4n) is 4.06. The Labute approximate surface area is 189 Å². The van der Waals surface area contributed by atoms with Crippen LogP contribution in [0.4, 0.5) is 0 Å². The van der Waals surface area contributed by atoms with Crippen molar-refractivity contribution in [3.63, 3.8) is 0 Å². The highest BCUT2D eigenvalue weighted by molar-refractivity contribution is 7.18. The maximum atomic E-state index is 13.7. The van der Waals surface area contributed by atoms with E-state index in [1.807, 2.05) is 60.7 Å². The third-order valence-electron chi connectivity index (χ3n) is 5.64. The number of aryl methyl sites for hydroxylation is 2. The minimum atomic E-state index is -0.00896. The van der Waals surface area contributed by atoms with Gasteiger partial charge in [-0.1, -0.05) is 29.8 Å². The van der Waals surface area contributed by atoms with Crippen LogP contribution >= 0.6 is 22.9 Å². The van der Waals surface area contributed by atoms with Gasteiger partial charge >= 0.3 is 0 Å². The SMILES string of the molecule is COc1ccc(-n2c(C=Cc3ccc(Cl)cc3)nc3sc4c(c3c2=O)CCCC4)cc1. The summed E-state index contributed by atoms with van der Waals surface area (Å²) >= 11 is 7.67. The van der Waals surface area contributed by atoms with Crippen molar-refractivity contribution >= 4 is 45.3 Å². The van der Waals surface area contributed by atoms with Crippen molar-refractivity contribution in [3.05, 3.63) is 85.7 Å². The molecule has 2 heterocycles. The average molecular weight is 449 g/mol. The predicted octanol–water partition coefficient (Wildman–Crippen LogP) is 6.16. The third-order valence-corrected chi connectivity index (χ3v) is 7.08. The number of nitrogens with zero attached hydrogens (tertiary/aromatic N) is 2. The number of methoxy groups -OCH3 is 1. The Balaban J connectivity index is 1.71. The van der Waals surface area contributed by atoms with Crippen LogP contribution in [0.15, 0.2) is 53.3 Å². The zero-order valence-electron chi connectivity index (χ0n) is 17.1. The topological polar surface area (TPSA) is 44.1 Å². The number of fused-ring (bicyclic) bond motifs is 3. The summed E-state index contributed by atoms with van der Waals surface area (Å²) in [6.07, 6.45) is 8.14. The van der Waals surface area contributed by atoms with Crippen molar-refractivity contribution in [2.45, 2.75) is 25.7 Å². The standard InChI is InChI=1S/C25H21ClN2O2S/c1-30-19-13-11-18(12-14-19)28-22(15-8-16-6-9-17(26)10-7-16)27-24-23(25(28)29)20-4-2-3-5-21(20)31-24/h6-15H,2-5H2,1H3. The van der Waals surface area contributed by atoms with Crippen molar-refractivity contribution in [1.82, 2.24) is 9.55 Å². The normalized spacial score (nSPS) is 13.6. The second kappa shape index (κ2) is 8.33. The summed E-state index contributed by atoms with van der Waals surface area (Å²) in [5.74, 6) is 1.35. The fraction of sp³-hybridized carbons (Fsp3) is 0.200. The fourth-order valence-corrected chi connectivity index (χ4v) is 5.44. The predicted molar refractivity (Wildman–Crippen MR) is 129 cm³/mol. The molecule has 0 saturated carbocycles. The van der Waals surface area contributed by atoms with Crippen molar-refractivity contribution in [1.29, 1.82) is 0 Å². The molecule has 4 aromatic rings. The number of rotatable bonds is 4. The Hall–Kier alpha value is -2.89. The summed E-state index contributed by atoms with van der Waals surface area (Å²) in [6, 6.07) is 15.1. The van der Waals surface area contributed by atoms with Crippen LogP contribution in [-0.4, -0.2) is 16.7 Å². The summed E-state index contributed by atoms with van der Waals surface area (Å²) in [5, 5.41) is 1.47. The van der Waals surface area contributed by atoms with E-state index in [4.69, 9.17) is 21.3 Å². The summed E-state index contributed by atoms with van der Waals surface area (Å²) in [4.78, 5) is 20.8. The summed E-state index contributed by atoms with van der Waals surface area (Å²) in [7, 11) is 1.63. The van der Waals surface area contributed by atoms with E-state index in [1.54, 1.807) is 23.0 Å². The van der Waals surface area contributed by atoms with Gasteiger partial charge < -0.3 is 4.74 Å². The van der Waals surface area contributed by atoms with Crippen LogP contribution in [0.25, 0.3) is 28.1 Å². The minimum absolute atomic E-state index is 0.00896. The number of benzene rings is 2. The van der Waals surface area contributed by atoms with E-state index >= 15 is 0 Å². The van der Waals surface area contributed by atoms with Crippen molar-refractivity contribution in [2.75, 3.05) is 7.11 Å². The van der Waals surface area contributed by atoms with Gasteiger partial charge in [0.1, 0.15) is 16.4 Å². The third kappa shape index (κ3) is 3.80. The van der Waals surface area contributed by atoms with Gasteiger partial charge in [0.25, 0.3) is 5.56 Å². The molecule has 0 unspecified atom stereocenters. The molecule has 0 fully saturated rings. The smallest absolute Gasteiger partial charge is 0.267 e. The summed E-state index contributed by atoms with van der Waals surface area (Å²) in [5.41, 5.74) is 2.95. The molecule has 2 aromatic heterocycles. The van der Waals surface area contributed by atoms with Gasteiger partial charge in [-0.05, 0) is 79.3 Å². The average Bonchev–Trinajstić information content (AvgIpc) is 3.17. The molecule has 1 aliphatic carbocycles. The molecule has 1 aliphatic rings. The van der Waals surface area contributed by atoms with Crippen molar-refractivity contribution in [3.8, 4) is 11.4 Å².